The smallest absolute Gasteiger partial charge is 0.262 e. The summed E-state index contributed by atoms with van der Waals surface area (Å²) in [7, 11) is 3.34. The fourth-order valence-electron chi connectivity index (χ4n) is 2.37. The Balaban J connectivity index is 2.04. The quantitative estimate of drug-likeness (QED) is 0.919. The Kier molecular flexibility index (Phi) is 5.58. The first-order valence-electron chi connectivity index (χ1n) is 7.68. The number of para-hydroxylation sites is 1. The molecule has 0 aromatic heterocycles. The molecule has 0 aliphatic carbocycles. The van der Waals surface area contributed by atoms with Crippen molar-refractivity contribution in [3.8, 4) is 5.75 Å². The number of nitrogens with one attached hydrogen (secondary N) is 1. The molecule has 24 heavy (non-hydrogen) atoms. The third-order valence-corrected chi connectivity index (χ3v) is 3.40. The van der Waals surface area contributed by atoms with Gasteiger partial charge in [0, 0.05) is 14.1 Å². The van der Waals surface area contributed by atoms with Crippen LogP contribution in [-0.4, -0.2) is 37.4 Å². The molecule has 0 unspecified atom stereocenters. The van der Waals surface area contributed by atoms with Gasteiger partial charge < -0.3 is 15.0 Å². The van der Waals surface area contributed by atoms with Crippen molar-refractivity contribution in [2.75, 3.05) is 26.0 Å². The Hall–Kier alpha value is -2.82. The van der Waals surface area contributed by atoms with E-state index in [9.17, 15) is 9.59 Å². The van der Waals surface area contributed by atoms with Crippen LogP contribution in [-0.2, 0) is 4.79 Å². The number of anilines is 1. The van der Waals surface area contributed by atoms with Crippen molar-refractivity contribution in [3.63, 3.8) is 0 Å². The number of ether oxygens (including phenoxy) is 1. The molecule has 0 aliphatic heterocycles. The molecule has 1 N–H and O–H groups in total. The molecular formula is C19H22N2O3. The van der Waals surface area contributed by atoms with E-state index < -0.39 is 0 Å². The van der Waals surface area contributed by atoms with Crippen LogP contribution in [0, 0.1) is 13.8 Å². The van der Waals surface area contributed by atoms with Gasteiger partial charge in [-0.2, -0.15) is 0 Å². The van der Waals surface area contributed by atoms with E-state index in [0.717, 1.165) is 11.1 Å². The molecule has 5 nitrogen and oxygen atoms in total. The van der Waals surface area contributed by atoms with Gasteiger partial charge in [-0.3, -0.25) is 9.59 Å². The normalized spacial score (nSPS) is 10.2. The highest BCUT2D eigenvalue weighted by Crippen LogP contribution is 2.18. The van der Waals surface area contributed by atoms with Gasteiger partial charge in [0.2, 0.25) is 0 Å². The van der Waals surface area contributed by atoms with Gasteiger partial charge >= 0.3 is 0 Å². The van der Waals surface area contributed by atoms with Gasteiger partial charge in [0.25, 0.3) is 11.8 Å². The van der Waals surface area contributed by atoms with Gasteiger partial charge in [-0.05, 0) is 49.2 Å². The maximum atomic E-state index is 12.1. The molecule has 2 rings (SSSR count). The number of nitrogens with zero attached hydrogens (tertiary/aromatic N) is 1. The molecule has 0 aliphatic rings. The van der Waals surface area contributed by atoms with Gasteiger partial charge in [0.05, 0.1) is 11.3 Å². The molecular weight excluding hydrogens is 304 g/mol. The average molecular weight is 326 g/mol. The van der Waals surface area contributed by atoms with Crippen molar-refractivity contribution in [2.45, 2.75) is 13.8 Å². The second kappa shape index (κ2) is 7.64. The van der Waals surface area contributed by atoms with Crippen LogP contribution in [0.1, 0.15) is 21.5 Å². The molecule has 0 fully saturated rings. The molecule has 0 radical (unpaired) electrons. The minimum atomic E-state index is -0.312. The molecule has 0 atom stereocenters. The highest BCUT2D eigenvalue weighted by molar-refractivity contribution is 6.03. The van der Waals surface area contributed by atoms with E-state index in [-0.39, 0.29) is 18.4 Å². The molecule has 0 bridgehead atoms. The monoisotopic (exact) mass is 326 g/mol. The summed E-state index contributed by atoms with van der Waals surface area (Å²) >= 11 is 0. The summed E-state index contributed by atoms with van der Waals surface area (Å²) in [6.45, 7) is 3.83. The number of rotatable bonds is 5. The van der Waals surface area contributed by atoms with Gasteiger partial charge in [0.1, 0.15) is 5.75 Å². The summed E-state index contributed by atoms with van der Waals surface area (Å²) in [5.74, 6) is 0.176. The largest absolute Gasteiger partial charge is 0.484 e. The Labute approximate surface area is 142 Å². The molecule has 2 aromatic carbocycles. The van der Waals surface area contributed by atoms with Crippen molar-refractivity contribution >= 4 is 17.5 Å². The van der Waals surface area contributed by atoms with E-state index in [0.29, 0.717) is 17.0 Å². The maximum Gasteiger partial charge on any atom is 0.262 e. The predicted octanol–water partition coefficient (Wildman–Crippen LogP) is 3.02. The molecule has 0 heterocycles. The van der Waals surface area contributed by atoms with E-state index in [1.54, 1.807) is 38.4 Å². The predicted molar refractivity (Wildman–Crippen MR) is 94.5 cm³/mol. The van der Waals surface area contributed by atoms with Crippen molar-refractivity contribution in [1.82, 2.24) is 4.90 Å². The van der Waals surface area contributed by atoms with E-state index in [2.05, 4.69) is 5.32 Å². The summed E-state index contributed by atoms with van der Waals surface area (Å²) in [5.41, 5.74) is 3.08. The van der Waals surface area contributed by atoms with E-state index >= 15 is 0 Å². The van der Waals surface area contributed by atoms with Crippen molar-refractivity contribution in [1.29, 1.82) is 0 Å². The molecule has 0 saturated heterocycles. The zero-order valence-electron chi connectivity index (χ0n) is 14.4. The number of hydrogen-bond donors (Lipinski definition) is 1. The highest BCUT2D eigenvalue weighted by Gasteiger charge is 2.14. The fraction of sp³-hybridized carbons (Fsp3) is 0.263. The molecule has 2 amide bonds. The Morgan fingerprint density at radius 3 is 2.29 bits per heavy atom. The van der Waals surface area contributed by atoms with Gasteiger partial charge in [-0.1, -0.05) is 18.2 Å². The minimum Gasteiger partial charge on any atom is -0.484 e. The van der Waals surface area contributed by atoms with E-state index in [4.69, 9.17) is 4.74 Å². The van der Waals surface area contributed by atoms with Crippen LogP contribution in [0.2, 0.25) is 0 Å². The summed E-state index contributed by atoms with van der Waals surface area (Å²) in [6.07, 6.45) is 0. The third-order valence-electron chi connectivity index (χ3n) is 3.40. The third kappa shape index (κ3) is 4.59. The lowest BCUT2D eigenvalue weighted by molar-refractivity contribution is -0.118. The standard InChI is InChI=1S/C19H22N2O3/c1-13-9-14(2)11-15(10-13)24-12-18(22)20-17-8-6-5-7-16(17)19(23)21(3)4/h5-11H,12H2,1-4H3,(H,20,22). The molecule has 126 valence electrons. The second-order valence-corrected chi connectivity index (χ2v) is 5.91. The summed E-state index contributed by atoms with van der Waals surface area (Å²) < 4.78 is 5.54. The Bertz CT molecular complexity index is 734. The lowest BCUT2D eigenvalue weighted by Crippen LogP contribution is -2.25. The lowest BCUT2D eigenvalue weighted by atomic mass is 10.1. The molecule has 0 saturated carbocycles. The lowest BCUT2D eigenvalue weighted by Gasteiger charge is -2.15. The van der Waals surface area contributed by atoms with Crippen LogP contribution in [0.25, 0.3) is 0 Å². The maximum absolute atomic E-state index is 12.1. The first-order valence-corrected chi connectivity index (χ1v) is 7.68. The van der Waals surface area contributed by atoms with Crippen molar-refractivity contribution in [2.24, 2.45) is 0 Å². The van der Waals surface area contributed by atoms with Crippen LogP contribution in [0.15, 0.2) is 42.5 Å². The highest BCUT2D eigenvalue weighted by atomic mass is 16.5. The zero-order chi connectivity index (χ0) is 17.7. The first kappa shape index (κ1) is 17.5. The molecule has 0 spiro atoms. The number of aryl methyl sites for hydroxylation is 2. The summed E-state index contributed by atoms with van der Waals surface area (Å²) in [5, 5.41) is 2.73. The SMILES string of the molecule is Cc1cc(C)cc(OCC(=O)Nc2ccccc2C(=O)N(C)C)c1. The number of hydrogen-bond acceptors (Lipinski definition) is 3. The van der Waals surface area contributed by atoms with Crippen molar-refractivity contribution < 1.29 is 14.3 Å². The fourth-order valence-corrected chi connectivity index (χ4v) is 2.37. The summed E-state index contributed by atoms with van der Waals surface area (Å²) in [6, 6.07) is 12.7. The Morgan fingerprint density at radius 1 is 1.04 bits per heavy atom. The van der Waals surface area contributed by atoms with Crippen LogP contribution in [0.3, 0.4) is 0 Å². The van der Waals surface area contributed by atoms with Gasteiger partial charge in [-0.15, -0.1) is 0 Å². The van der Waals surface area contributed by atoms with E-state index in [1.807, 2.05) is 32.0 Å². The number of amides is 2. The molecule has 2 aromatic rings. The van der Waals surface area contributed by atoms with Crippen LogP contribution >= 0.6 is 0 Å². The molecule has 5 heteroatoms. The number of carbonyl (C=O) groups is 2. The number of carbonyl (C=O) groups excluding carboxylic acids is 2. The first-order chi connectivity index (χ1) is 11.4. The van der Waals surface area contributed by atoms with Crippen molar-refractivity contribution in [3.05, 3.63) is 59.2 Å². The van der Waals surface area contributed by atoms with Crippen LogP contribution < -0.4 is 10.1 Å². The van der Waals surface area contributed by atoms with Crippen LogP contribution in [0.5, 0.6) is 5.75 Å². The second-order valence-electron chi connectivity index (χ2n) is 5.91. The topological polar surface area (TPSA) is 58.6 Å². The summed E-state index contributed by atoms with van der Waals surface area (Å²) in [4.78, 5) is 25.8. The average Bonchev–Trinajstić information content (AvgIpc) is 2.52. The zero-order valence-corrected chi connectivity index (χ0v) is 14.4. The Morgan fingerprint density at radius 2 is 1.67 bits per heavy atom. The van der Waals surface area contributed by atoms with E-state index in [1.165, 1.54) is 4.90 Å². The van der Waals surface area contributed by atoms with Gasteiger partial charge in [0.15, 0.2) is 6.61 Å². The number of benzene rings is 2. The minimum absolute atomic E-state index is 0.118. The van der Waals surface area contributed by atoms with Gasteiger partial charge in [-0.25, -0.2) is 0 Å². The van der Waals surface area contributed by atoms with Crippen LogP contribution in [0.4, 0.5) is 5.69 Å².